The van der Waals surface area contributed by atoms with Crippen molar-refractivity contribution in [2.45, 2.75) is 19.5 Å². The van der Waals surface area contributed by atoms with Crippen LogP contribution in [-0.2, 0) is 6.54 Å². The maximum atomic E-state index is 10.7. The molecule has 1 heterocycles. The summed E-state index contributed by atoms with van der Waals surface area (Å²) < 4.78 is 0. The Morgan fingerprint density at radius 1 is 1.39 bits per heavy atom. The minimum absolute atomic E-state index is 0.0927. The minimum atomic E-state index is -0.514. The van der Waals surface area contributed by atoms with Crippen LogP contribution in [0.3, 0.4) is 0 Å². The van der Waals surface area contributed by atoms with Crippen LogP contribution in [0.5, 0.6) is 0 Å². The van der Waals surface area contributed by atoms with E-state index in [9.17, 15) is 10.1 Å². The SMILES string of the molecule is CC(CN(C)Cc1ccccc1)Nc1ncc([N+](=O)[O-])cc1Cl. The van der Waals surface area contributed by atoms with Crippen molar-refractivity contribution < 1.29 is 4.92 Å². The molecule has 1 N–H and O–H groups in total. The third-order valence-electron chi connectivity index (χ3n) is 3.30. The highest BCUT2D eigenvalue weighted by atomic mass is 35.5. The first-order chi connectivity index (χ1) is 11.0. The Morgan fingerprint density at radius 2 is 2.09 bits per heavy atom. The van der Waals surface area contributed by atoms with Gasteiger partial charge in [-0.05, 0) is 19.5 Å². The normalized spacial score (nSPS) is 12.2. The van der Waals surface area contributed by atoms with Crippen molar-refractivity contribution in [3.05, 3.63) is 63.3 Å². The van der Waals surface area contributed by atoms with Crippen molar-refractivity contribution >= 4 is 23.1 Å². The summed E-state index contributed by atoms with van der Waals surface area (Å²) in [5, 5.41) is 14.1. The predicted molar refractivity (Wildman–Crippen MR) is 91.8 cm³/mol. The molecule has 0 aliphatic rings. The van der Waals surface area contributed by atoms with E-state index in [2.05, 4.69) is 27.3 Å². The summed E-state index contributed by atoms with van der Waals surface area (Å²) in [6.45, 7) is 3.64. The van der Waals surface area contributed by atoms with Crippen LogP contribution in [0.25, 0.3) is 0 Å². The van der Waals surface area contributed by atoms with E-state index < -0.39 is 4.92 Å². The maximum absolute atomic E-state index is 10.7. The van der Waals surface area contributed by atoms with Crippen molar-refractivity contribution in [2.75, 3.05) is 18.9 Å². The highest BCUT2D eigenvalue weighted by Crippen LogP contribution is 2.24. The Labute approximate surface area is 140 Å². The van der Waals surface area contributed by atoms with E-state index in [1.54, 1.807) is 0 Å². The van der Waals surface area contributed by atoms with Gasteiger partial charge in [-0.25, -0.2) is 4.98 Å². The van der Waals surface area contributed by atoms with Crippen LogP contribution in [0.1, 0.15) is 12.5 Å². The summed E-state index contributed by atoms with van der Waals surface area (Å²) in [6.07, 6.45) is 1.20. The second-order valence-corrected chi connectivity index (χ2v) is 5.92. The third kappa shape index (κ3) is 5.19. The van der Waals surface area contributed by atoms with Crippen molar-refractivity contribution in [1.29, 1.82) is 0 Å². The summed E-state index contributed by atoms with van der Waals surface area (Å²) in [4.78, 5) is 16.4. The minimum Gasteiger partial charge on any atom is -0.365 e. The fourth-order valence-corrected chi connectivity index (χ4v) is 2.56. The van der Waals surface area contributed by atoms with Gasteiger partial charge in [0.1, 0.15) is 12.0 Å². The topological polar surface area (TPSA) is 71.3 Å². The number of nitrogens with zero attached hydrogens (tertiary/aromatic N) is 3. The van der Waals surface area contributed by atoms with Gasteiger partial charge in [-0.3, -0.25) is 10.1 Å². The lowest BCUT2D eigenvalue weighted by molar-refractivity contribution is -0.385. The fourth-order valence-electron chi connectivity index (χ4n) is 2.34. The molecule has 0 saturated heterocycles. The second-order valence-electron chi connectivity index (χ2n) is 5.51. The lowest BCUT2D eigenvalue weighted by Crippen LogP contribution is -2.32. The Balaban J connectivity index is 1.91. The van der Waals surface area contributed by atoms with Gasteiger partial charge in [0.15, 0.2) is 0 Å². The number of aromatic nitrogens is 1. The number of anilines is 1. The van der Waals surface area contributed by atoms with Gasteiger partial charge in [-0.1, -0.05) is 41.9 Å². The summed E-state index contributed by atoms with van der Waals surface area (Å²) in [7, 11) is 2.04. The molecule has 0 bridgehead atoms. The molecule has 0 saturated carbocycles. The van der Waals surface area contributed by atoms with Crippen molar-refractivity contribution in [2.24, 2.45) is 0 Å². The number of pyridine rings is 1. The molecule has 6 nitrogen and oxygen atoms in total. The molecule has 0 aliphatic carbocycles. The molecule has 1 aromatic heterocycles. The fraction of sp³-hybridized carbons (Fsp3) is 0.312. The van der Waals surface area contributed by atoms with Gasteiger partial charge in [0.05, 0.1) is 9.95 Å². The summed E-state index contributed by atoms with van der Waals surface area (Å²) in [5.74, 6) is 0.456. The molecule has 23 heavy (non-hydrogen) atoms. The predicted octanol–water partition coefficient (Wildman–Crippen LogP) is 3.58. The molecule has 0 aliphatic heterocycles. The zero-order valence-electron chi connectivity index (χ0n) is 13.1. The van der Waals surface area contributed by atoms with Crippen molar-refractivity contribution in [3.63, 3.8) is 0 Å². The number of halogens is 1. The molecular formula is C16H19ClN4O2. The lowest BCUT2D eigenvalue weighted by atomic mass is 10.2. The molecule has 1 atom stereocenters. The lowest BCUT2D eigenvalue weighted by Gasteiger charge is -2.23. The zero-order valence-corrected chi connectivity index (χ0v) is 13.8. The van der Waals surface area contributed by atoms with Gasteiger partial charge < -0.3 is 10.2 Å². The van der Waals surface area contributed by atoms with Gasteiger partial charge in [0.25, 0.3) is 5.69 Å². The van der Waals surface area contributed by atoms with Crippen molar-refractivity contribution in [3.8, 4) is 0 Å². The molecule has 0 amide bonds. The van der Waals surface area contributed by atoms with E-state index in [0.717, 1.165) is 13.1 Å². The van der Waals surface area contributed by atoms with Crippen molar-refractivity contribution in [1.82, 2.24) is 9.88 Å². The van der Waals surface area contributed by atoms with Gasteiger partial charge >= 0.3 is 0 Å². The molecule has 2 aromatic rings. The van der Waals surface area contributed by atoms with Gasteiger partial charge in [-0.15, -0.1) is 0 Å². The summed E-state index contributed by atoms with van der Waals surface area (Å²) >= 11 is 6.04. The molecule has 0 fully saturated rings. The third-order valence-corrected chi connectivity index (χ3v) is 3.59. The average Bonchev–Trinajstić information content (AvgIpc) is 2.49. The van der Waals surface area contributed by atoms with E-state index in [0.29, 0.717) is 5.82 Å². The Bertz CT molecular complexity index is 666. The number of likely N-dealkylation sites (N-methyl/N-ethyl adjacent to an activating group) is 1. The zero-order chi connectivity index (χ0) is 16.8. The van der Waals surface area contributed by atoms with Gasteiger partial charge in [-0.2, -0.15) is 0 Å². The number of nitro groups is 1. The number of hydrogen-bond donors (Lipinski definition) is 1. The highest BCUT2D eigenvalue weighted by molar-refractivity contribution is 6.33. The molecular weight excluding hydrogens is 316 g/mol. The first-order valence-corrected chi connectivity index (χ1v) is 7.62. The molecule has 1 unspecified atom stereocenters. The van der Waals surface area contributed by atoms with Crippen LogP contribution >= 0.6 is 11.6 Å². The molecule has 1 aromatic carbocycles. The Morgan fingerprint density at radius 3 is 2.70 bits per heavy atom. The van der Waals surface area contributed by atoms with Crippen LogP contribution in [-0.4, -0.2) is 34.4 Å². The van der Waals surface area contributed by atoms with Crippen LogP contribution < -0.4 is 5.32 Å². The van der Waals surface area contributed by atoms with Crippen LogP contribution in [0.2, 0.25) is 5.02 Å². The summed E-state index contributed by atoms with van der Waals surface area (Å²) in [5.41, 5.74) is 1.13. The second kappa shape index (κ2) is 7.89. The number of hydrogen-bond acceptors (Lipinski definition) is 5. The monoisotopic (exact) mass is 334 g/mol. The molecule has 0 spiro atoms. The van der Waals surface area contributed by atoms with Crippen LogP contribution in [0, 0.1) is 10.1 Å². The van der Waals surface area contributed by atoms with E-state index in [4.69, 9.17) is 11.6 Å². The highest BCUT2D eigenvalue weighted by Gasteiger charge is 2.13. The Kier molecular flexibility index (Phi) is 5.90. The average molecular weight is 335 g/mol. The van der Waals surface area contributed by atoms with E-state index in [-0.39, 0.29) is 16.8 Å². The van der Waals surface area contributed by atoms with Gasteiger partial charge in [0, 0.05) is 25.2 Å². The largest absolute Gasteiger partial charge is 0.365 e. The molecule has 122 valence electrons. The first kappa shape index (κ1) is 17.2. The smallest absolute Gasteiger partial charge is 0.289 e. The first-order valence-electron chi connectivity index (χ1n) is 7.24. The van der Waals surface area contributed by atoms with Crippen LogP contribution in [0.15, 0.2) is 42.6 Å². The van der Waals surface area contributed by atoms with Crippen LogP contribution in [0.4, 0.5) is 11.5 Å². The standard InChI is InChI=1S/C16H19ClN4O2/c1-12(10-20(2)11-13-6-4-3-5-7-13)19-16-15(17)8-14(9-18-16)21(22)23/h3-9,12H,10-11H2,1-2H3,(H,18,19). The summed E-state index contributed by atoms with van der Waals surface area (Å²) in [6, 6.07) is 11.6. The van der Waals surface area contributed by atoms with E-state index >= 15 is 0 Å². The molecule has 7 heteroatoms. The number of nitrogens with one attached hydrogen (secondary N) is 1. The molecule has 2 rings (SSSR count). The Hall–Kier alpha value is -2.18. The number of benzene rings is 1. The van der Waals surface area contributed by atoms with E-state index in [1.165, 1.54) is 17.8 Å². The van der Waals surface area contributed by atoms with E-state index in [1.807, 2.05) is 32.2 Å². The molecule has 0 radical (unpaired) electrons. The number of rotatable bonds is 7. The van der Waals surface area contributed by atoms with Gasteiger partial charge in [0.2, 0.25) is 0 Å². The quantitative estimate of drug-likeness (QED) is 0.619. The maximum Gasteiger partial charge on any atom is 0.289 e.